The second kappa shape index (κ2) is 9.54. The average molecular weight is 317 g/mol. The third-order valence-electron chi connectivity index (χ3n) is 3.38. The minimum absolute atomic E-state index is 0.119. The largest absolute Gasteiger partial charge is 0.389 e. The molecule has 1 fully saturated rings. The third kappa shape index (κ3) is 9.22. The first kappa shape index (κ1) is 18.6. The van der Waals surface area contributed by atoms with Crippen LogP contribution in [0.2, 0.25) is 0 Å². The van der Waals surface area contributed by atoms with Gasteiger partial charge >= 0.3 is 0 Å². The van der Waals surface area contributed by atoms with Gasteiger partial charge in [-0.15, -0.1) is 0 Å². The first-order valence-corrected chi connectivity index (χ1v) is 9.02. The fraction of sp³-hybridized carbons (Fsp3) is 0.933. The van der Waals surface area contributed by atoms with Gasteiger partial charge in [-0.05, 0) is 45.8 Å². The van der Waals surface area contributed by atoms with Crippen molar-refractivity contribution in [1.82, 2.24) is 10.6 Å². The van der Waals surface area contributed by atoms with E-state index in [1.165, 1.54) is 12.8 Å². The molecule has 0 aliphatic heterocycles. The first-order valence-electron chi connectivity index (χ1n) is 7.80. The maximum absolute atomic E-state index is 9.90. The van der Waals surface area contributed by atoms with Crippen LogP contribution in [0, 0.1) is 5.92 Å². The number of aliphatic hydroxyl groups excluding tert-OH is 1. The highest BCUT2D eigenvalue weighted by Gasteiger charge is 2.21. The van der Waals surface area contributed by atoms with Crippen LogP contribution in [0.5, 0.6) is 0 Å². The Hall–Kier alpha value is -0.460. The van der Waals surface area contributed by atoms with E-state index in [4.69, 9.17) is 4.74 Å². The van der Waals surface area contributed by atoms with Crippen molar-refractivity contribution >= 4 is 17.7 Å². The summed E-state index contributed by atoms with van der Waals surface area (Å²) in [6, 6.07) is 0. The lowest BCUT2D eigenvalue weighted by molar-refractivity contribution is 0.0345. The van der Waals surface area contributed by atoms with E-state index in [1.54, 1.807) is 11.8 Å². The summed E-state index contributed by atoms with van der Waals surface area (Å²) in [7, 11) is 0. The molecule has 3 N–H and O–H groups in total. The second-order valence-electron chi connectivity index (χ2n) is 6.17. The Morgan fingerprint density at radius 2 is 2.14 bits per heavy atom. The van der Waals surface area contributed by atoms with E-state index in [0.29, 0.717) is 13.2 Å². The van der Waals surface area contributed by atoms with Crippen molar-refractivity contribution in [3.05, 3.63) is 0 Å². The molecule has 1 unspecified atom stereocenters. The van der Waals surface area contributed by atoms with Crippen LogP contribution in [-0.4, -0.2) is 61.0 Å². The monoisotopic (exact) mass is 317 g/mol. The number of ether oxygens (including phenoxy) is 1. The zero-order valence-corrected chi connectivity index (χ0v) is 14.6. The summed E-state index contributed by atoms with van der Waals surface area (Å²) in [5, 5.41) is 16.3. The van der Waals surface area contributed by atoms with Crippen LogP contribution in [0.3, 0.4) is 0 Å². The molecule has 1 rings (SSSR count). The quantitative estimate of drug-likeness (QED) is 0.421. The number of hydrogen-bond acceptors (Lipinski definition) is 4. The first-order chi connectivity index (χ1) is 9.96. The molecule has 0 radical (unpaired) electrons. The smallest absolute Gasteiger partial charge is 0.191 e. The number of guanidine groups is 1. The lowest BCUT2D eigenvalue weighted by atomic mass is 10.2. The van der Waals surface area contributed by atoms with Gasteiger partial charge in [-0.3, -0.25) is 4.99 Å². The molecule has 21 heavy (non-hydrogen) atoms. The summed E-state index contributed by atoms with van der Waals surface area (Å²) in [6.07, 6.45) is 4.14. The van der Waals surface area contributed by atoms with Crippen molar-refractivity contribution < 1.29 is 9.84 Å². The van der Waals surface area contributed by atoms with Crippen LogP contribution in [0.4, 0.5) is 0 Å². The molecule has 0 bridgehead atoms. The lowest BCUT2D eigenvalue weighted by Gasteiger charge is -2.21. The minimum Gasteiger partial charge on any atom is -0.389 e. The predicted octanol–water partition coefficient (Wildman–Crippen LogP) is 1.47. The van der Waals surface area contributed by atoms with Gasteiger partial charge in [0.15, 0.2) is 5.96 Å². The Morgan fingerprint density at radius 3 is 2.71 bits per heavy atom. The molecule has 1 aliphatic rings. The Labute approximate surface area is 133 Å². The highest BCUT2D eigenvalue weighted by atomic mass is 32.2. The fourth-order valence-corrected chi connectivity index (χ4v) is 1.80. The number of thioether (sulfide) groups is 1. The lowest BCUT2D eigenvalue weighted by Crippen LogP contribution is -2.43. The van der Waals surface area contributed by atoms with Crippen LogP contribution >= 0.6 is 11.8 Å². The van der Waals surface area contributed by atoms with Gasteiger partial charge in [0.1, 0.15) is 0 Å². The summed E-state index contributed by atoms with van der Waals surface area (Å²) < 4.78 is 5.61. The normalized spacial score (nSPS) is 17.7. The topological polar surface area (TPSA) is 65.9 Å². The van der Waals surface area contributed by atoms with E-state index in [0.717, 1.165) is 31.6 Å². The highest BCUT2D eigenvalue weighted by Crippen LogP contribution is 2.28. The fourth-order valence-electron chi connectivity index (χ4n) is 1.60. The van der Waals surface area contributed by atoms with Crippen LogP contribution in [0.1, 0.15) is 33.6 Å². The molecule has 6 heteroatoms. The maximum atomic E-state index is 9.90. The van der Waals surface area contributed by atoms with Crippen LogP contribution in [0.25, 0.3) is 0 Å². The molecule has 0 heterocycles. The molecule has 1 atom stereocenters. The molecular weight excluding hydrogens is 286 g/mol. The number of rotatable bonds is 10. The predicted molar refractivity (Wildman–Crippen MR) is 91.1 cm³/mol. The summed E-state index contributed by atoms with van der Waals surface area (Å²) >= 11 is 1.80. The Bertz CT molecular complexity index is 320. The molecule has 0 amide bonds. The standard InChI is InChI=1S/C15H31N3O2S/c1-5-16-14(18-11-15(2,3)21-4)17-8-13(19)10-20-9-12-6-7-12/h12-13,19H,5-11H2,1-4H3,(H2,16,17,18). The molecule has 1 aliphatic carbocycles. The van der Waals surface area contributed by atoms with Crippen molar-refractivity contribution in [2.24, 2.45) is 10.9 Å². The van der Waals surface area contributed by atoms with Crippen molar-refractivity contribution in [1.29, 1.82) is 0 Å². The van der Waals surface area contributed by atoms with E-state index in [-0.39, 0.29) is 4.75 Å². The Kier molecular flexibility index (Phi) is 8.44. The van der Waals surface area contributed by atoms with Gasteiger partial charge in [-0.1, -0.05) is 0 Å². The molecule has 1 saturated carbocycles. The van der Waals surface area contributed by atoms with E-state index < -0.39 is 6.10 Å². The zero-order chi connectivity index (χ0) is 15.7. The minimum atomic E-state index is -0.499. The van der Waals surface area contributed by atoms with Gasteiger partial charge in [-0.25, -0.2) is 0 Å². The molecule has 5 nitrogen and oxygen atoms in total. The van der Waals surface area contributed by atoms with Gasteiger partial charge in [0, 0.05) is 24.4 Å². The van der Waals surface area contributed by atoms with Gasteiger partial charge in [0.25, 0.3) is 0 Å². The summed E-state index contributed by atoms with van der Waals surface area (Å²) in [6.45, 7) is 9.54. The van der Waals surface area contributed by atoms with E-state index in [1.807, 2.05) is 6.92 Å². The average Bonchev–Trinajstić information content (AvgIpc) is 3.26. The molecule has 0 saturated heterocycles. The number of aliphatic hydroxyl groups is 1. The Morgan fingerprint density at radius 1 is 1.43 bits per heavy atom. The van der Waals surface area contributed by atoms with Gasteiger partial charge in [0.2, 0.25) is 0 Å². The van der Waals surface area contributed by atoms with Crippen molar-refractivity contribution in [3.8, 4) is 0 Å². The van der Waals surface area contributed by atoms with E-state index in [9.17, 15) is 5.11 Å². The van der Waals surface area contributed by atoms with Crippen LogP contribution in [-0.2, 0) is 4.74 Å². The highest BCUT2D eigenvalue weighted by molar-refractivity contribution is 7.99. The van der Waals surface area contributed by atoms with Crippen molar-refractivity contribution in [2.75, 3.05) is 39.1 Å². The molecular formula is C15H31N3O2S. The number of nitrogens with zero attached hydrogens (tertiary/aromatic N) is 1. The van der Waals surface area contributed by atoms with Crippen molar-refractivity contribution in [3.63, 3.8) is 0 Å². The summed E-state index contributed by atoms with van der Waals surface area (Å²) in [5.41, 5.74) is 0. The number of nitrogens with one attached hydrogen (secondary N) is 2. The van der Waals surface area contributed by atoms with Gasteiger partial charge in [-0.2, -0.15) is 11.8 Å². The van der Waals surface area contributed by atoms with E-state index in [2.05, 4.69) is 35.7 Å². The summed E-state index contributed by atoms with van der Waals surface area (Å²) in [5.74, 6) is 1.48. The van der Waals surface area contributed by atoms with Crippen LogP contribution in [0.15, 0.2) is 4.99 Å². The van der Waals surface area contributed by atoms with E-state index >= 15 is 0 Å². The molecule has 0 aromatic heterocycles. The zero-order valence-electron chi connectivity index (χ0n) is 13.8. The second-order valence-corrected chi connectivity index (χ2v) is 7.69. The molecule has 0 spiro atoms. The van der Waals surface area contributed by atoms with Gasteiger partial charge < -0.3 is 20.5 Å². The maximum Gasteiger partial charge on any atom is 0.191 e. The molecule has 124 valence electrons. The van der Waals surface area contributed by atoms with Crippen LogP contribution < -0.4 is 10.6 Å². The molecule has 0 aromatic carbocycles. The third-order valence-corrected chi connectivity index (χ3v) is 4.61. The van der Waals surface area contributed by atoms with Crippen molar-refractivity contribution in [2.45, 2.75) is 44.5 Å². The number of aliphatic imine (C=N–C) groups is 1. The number of hydrogen-bond donors (Lipinski definition) is 3. The molecule has 0 aromatic rings. The summed E-state index contributed by atoms with van der Waals surface area (Å²) in [4.78, 5) is 4.57. The van der Waals surface area contributed by atoms with Gasteiger partial charge in [0.05, 0.1) is 19.3 Å². The Balaban J connectivity index is 2.26. The SMILES string of the molecule is CCNC(=NCC(C)(C)SC)NCC(O)COCC1CC1.